The van der Waals surface area contributed by atoms with Crippen LogP contribution in [0.5, 0.6) is 0 Å². The van der Waals surface area contributed by atoms with Crippen molar-refractivity contribution in [3.8, 4) is 0 Å². The van der Waals surface area contributed by atoms with E-state index in [1.807, 2.05) is 39.0 Å². The number of Topliss-reactive ketones (excluding diaryl/α,β-unsaturated/α-hetero) is 1. The molecule has 0 amide bonds. The number of rotatable bonds is 5. The molecule has 0 saturated heterocycles. The van der Waals surface area contributed by atoms with Crippen LogP contribution in [0.3, 0.4) is 0 Å². The minimum Gasteiger partial charge on any atom is -0.303 e. The second kappa shape index (κ2) is 6.53. The molecule has 0 heterocycles. The zero-order chi connectivity index (χ0) is 15.4. The van der Waals surface area contributed by atoms with Gasteiger partial charge in [0.05, 0.1) is 6.04 Å². The number of aryl methyl sites for hydroxylation is 1. The molecular weight excluding hydrogens is 246 g/mol. The Kier molecular flexibility index (Phi) is 5.52. The third kappa shape index (κ3) is 5.87. The first-order valence-corrected chi connectivity index (χ1v) is 7.45. The number of carbonyl (C=O) groups is 1. The monoisotopic (exact) mass is 275 g/mol. The number of nitrogens with one attached hydrogen (secondary N) is 1. The molecule has 1 aromatic rings. The van der Waals surface area contributed by atoms with E-state index >= 15 is 0 Å². The highest BCUT2D eigenvalue weighted by atomic mass is 16.1. The molecule has 2 heteroatoms. The molecule has 112 valence electrons. The molecule has 1 aromatic carbocycles. The van der Waals surface area contributed by atoms with Crippen molar-refractivity contribution in [2.75, 3.05) is 0 Å². The average molecular weight is 275 g/mol. The van der Waals surface area contributed by atoms with Crippen LogP contribution >= 0.6 is 0 Å². The van der Waals surface area contributed by atoms with Crippen molar-refractivity contribution in [1.82, 2.24) is 5.32 Å². The molecule has 20 heavy (non-hydrogen) atoms. The maximum absolute atomic E-state index is 12.6. The Morgan fingerprint density at radius 2 is 1.60 bits per heavy atom. The Morgan fingerprint density at radius 1 is 1.05 bits per heavy atom. The summed E-state index contributed by atoms with van der Waals surface area (Å²) in [5.41, 5.74) is 0.928. The summed E-state index contributed by atoms with van der Waals surface area (Å²) in [6.07, 6.45) is 1.77. The molecular formula is C18H29NO. The van der Waals surface area contributed by atoms with Gasteiger partial charge in [-0.25, -0.2) is 0 Å². The van der Waals surface area contributed by atoms with E-state index in [-0.39, 0.29) is 17.0 Å². The van der Waals surface area contributed by atoms with Crippen molar-refractivity contribution in [2.24, 2.45) is 5.41 Å². The highest BCUT2D eigenvalue weighted by Gasteiger charge is 2.31. The number of benzene rings is 1. The van der Waals surface area contributed by atoms with Crippen LogP contribution in [0.4, 0.5) is 0 Å². The zero-order valence-corrected chi connectivity index (χ0v) is 13.8. The molecule has 1 rings (SSSR count). The summed E-state index contributed by atoms with van der Waals surface area (Å²) in [5, 5.41) is 3.48. The van der Waals surface area contributed by atoms with E-state index < -0.39 is 0 Å². The van der Waals surface area contributed by atoms with Gasteiger partial charge >= 0.3 is 0 Å². The van der Waals surface area contributed by atoms with E-state index in [1.165, 1.54) is 5.56 Å². The van der Waals surface area contributed by atoms with Gasteiger partial charge in [-0.3, -0.25) is 4.79 Å². The molecule has 2 nitrogen and oxygen atoms in total. The summed E-state index contributed by atoms with van der Waals surface area (Å²) in [4.78, 5) is 12.6. The van der Waals surface area contributed by atoms with Crippen LogP contribution in [0.2, 0.25) is 0 Å². The van der Waals surface area contributed by atoms with Crippen LogP contribution in [0.25, 0.3) is 0 Å². The Labute approximate surface area is 124 Å². The molecule has 1 atom stereocenters. The molecule has 0 fully saturated rings. The van der Waals surface area contributed by atoms with Gasteiger partial charge in [0, 0.05) is 11.0 Å². The lowest BCUT2D eigenvalue weighted by Crippen LogP contribution is -2.51. The fraction of sp³-hybridized carbons (Fsp3) is 0.611. The first kappa shape index (κ1) is 16.9. The topological polar surface area (TPSA) is 29.1 Å². The summed E-state index contributed by atoms with van der Waals surface area (Å²) >= 11 is 0. The van der Waals surface area contributed by atoms with Gasteiger partial charge in [0.2, 0.25) is 0 Å². The lowest BCUT2D eigenvalue weighted by Gasteiger charge is -2.32. The Morgan fingerprint density at radius 3 is 2.05 bits per heavy atom. The third-order valence-electron chi connectivity index (χ3n) is 3.23. The summed E-state index contributed by atoms with van der Waals surface area (Å²) in [5.74, 6) is 0.295. The number of hydrogen-bond donors (Lipinski definition) is 1. The lowest BCUT2D eigenvalue weighted by atomic mass is 9.83. The van der Waals surface area contributed by atoms with Gasteiger partial charge in [-0.05, 0) is 39.2 Å². The smallest absolute Gasteiger partial charge is 0.155 e. The van der Waals surface area contributed by atoms with Gasteiger partial charge in [-0.1, -0.05) is 51.1 Å². The van der Waals surface area contributed by atoms with Crippen LogP contribution in [-0.2, 0) is 11.2 Å². The maximum atomic E-state index is 12.6. The first-order chi connectivity index (χ1) is 9.09. The minimum atomic E-state index is -0.306. The predicted molar refractivity (Wildman–Crippen MR) is 85.9 cm³/mol. The van der Waals surface area contributed by atoms with Crippen molar-refractivity contribution in [3.63, 3.8) is 0 Å². The van der Waals surface area contributed by atoms with Crippen LogP contribution in [0.15, 0.2) is 30.3 Å². The van der Waals surface area contributed by atoms with Gasteiger partial charge in [0.25, 0.3) is 0 Å². The summed E-state index contributed by atoms with van der Waals surface area (Å²) < 4.78 is 0. The first-order valence-electron chi connectivity index (χ1n) is 7.45. The van der Waals surface area contributed by atoms with Gasteiger partial charge in [-0.15, -0.1) is 0 Å². The van der Waals surface area contributed by atoms with Crippen molar-refractivity contribution in [1.29, 1.82) is 0 Å². The standard InChI is InChI=1S/C18H29NO/c1-17(2,3)16(20)15(19-18(4,5)6)13-12-14-10-8-7-9-11-14/h7-11,15,19H,12-13H2,1-6H3/t15-/m0/s1. The van der Waals surface area contributed by atoms with E-state index in [4.69, 9.17) is 0 Å². The lowest BCUT2D eigenvalue weighted by molar-refractivity contribution is -0.129. The Balaban J connectivity index is 2.76. The SMILES string of the molecule is CC(C)(C)N[C@@H](CCc1ccccc1)C(=O)C(C)(C)C. The number of ketones is 1. The van der Waals surface area contributed by atoms with Gasteiger partial charge in [-0.2, -0.15) is 0 Å². The fourth-order valence-corrected chi connectivity index (χ4v) is 2.27. The largest absolute Gasteiger partial charge is 0.303 e. The van der Waals surface area contributed by atoms with Gasteiger partial charge < -0.3 is 5.32 Å². The Bertz CT molecular complexity index is 423. The van der Waals surface area contributed by atoms with Crippen molar-refractivity contribution in [3.05, 3.63) is 35.9 Å². The Hall–Kier alpha value is -1.15. The molecule has 0 radical (unpaired) electrons. The number of hydrogen-bond acceptors (Lipinski definition) is 2. The third-order valence-corrected chi connectivity index (χ3v) is 3.23. The van der Waals surface area contributed by atoms with Crippen LogP contribution in [0, 0.1) is 5.41 Å². The second-order valence-electron chi connectivity index (χ2n) is 7.59. The van der Waals surface area contributed by atoms with E-state index in [2.05, 4.69) is 38.2 Å². The molecule has 0 unspecified atom stereocenters. The average Bonchev–Trinajstić information content (AvgIpc) is 2.32. The fourth-order valence-electron chi connectivity index (χ4n) is 2.27. The second-order valence-corrected chi connectivity index (χ2v) is 7.59. The molecule has 0 aliphatic rings. The quantitative estimate of drug-likeness (QED) is 0.880. The molecule has 0 bridgehead atoms. The zero-order valence-electron chi connectivity index (χ0n) is 13.8. The molecule has 0 saturated carbocycles. The molecule has 0 aliphatic carbocycles. The normalized spacial score (nSPS) is 14.1. The molecule has 0 aromatic heterocycles. The molecule has 1 N–H and O–H groups in total. The van der Waals surface area contributed by atoms with Crippen molar-refractivity contribution < 1.29 is 4.79 Å². The van der Waals surface area contributed by atoms with E-state index in [1.54, 1.807) is 0 Å². The predicted octanol–water partition coefficient (Wildman–Crippen LogP) is 3.99. The van der Waals surface area contributed by atoms with Crippen molar-refractivity contribution >= 4 is 5.78 Å². The van der Waals surface area contributed by atoms with Crippen LogP contribution in [-0.4, -0.2) is 17.4 Å². The minimum absolute atomic E-state index is 0.0533. The highest BCUT2D eigenvalue weighted by Crippen LogP contribution is 2.21. The van der Waals surface area contributed by atoms with Gasteiger partial charge in [0.15, 0.2) is 5.78 Å². The molecule has 0 spiro atoms. The maximum Gasteiger partial charge on any atom is 0.155 e. The van der Waals surface area contributed by atoms with Crippen LogP contribution in [0.1, 0.15) is 53.5 Å². The number of carbonyl (C=O) groups excluding carboxylic acids is 1. The van der Waals surface area contributed by atoms with Crippen molar-refractivity contribution in [2.45, 2.75) is 66.0 Å². The highest BCUT2D eigenvalue weighted by molar-refractivity contribution is 5.88. The summed E-state index contributed by atoms with van der Waals surface area (Å²) in [7, 11) is 0. The van der Waals surface area contributed by atoms with Crippen LogP contribution < -0.4 is 5.32 Å². The van der Waals surface area contributed by atoms with E-state index in [0.717, 1.165) is 12.8 Å². The summed E-state index contributed by atoms with van der Waals surface area (Å²) in [6, 6.07) is 10.3. The van der Waals surface area contributed by atoms with Gasteiger partial charge in [0.1, 0.15) is 0 Å². The molecule has 0 aliphatic heterocycles. The van der Waals surface area contributed by atoms with E-state index in [0.29, 0.717) is 5.78 Å². The van der Waals surface area contributed by atoms with E-state index in [9.17, 15) is 4.79 Å². The summed E-state index contributed by atoms with van der Waals surface area (Å²) in [6.45, 7) is 12.3.